The smallest absolute Gasteiger partial charge is 0.221 e. The van der Waals surface area contributed by atoms with Gasteiger partial charge in [-0.05, 0) is 31.9 Å². The van der Waals surface area contributed by atoms with Crippen LogP contribution >= 0.6 is 0 Å². The average Bonchev–Trinajstić information content (AvgIpc) is 3.01. The zero-order valence-corrected chi connectivity index (χ0v) is 14.4. The molecule has 3 rings (SSSR count). The maximum Gasteiger partial charge on any atom is 0.221 e. The summed E-state index contributed by atoms with van der Waals surface area (Å²) in [5, 5.41) is -0.727. The second-order valence-electron chi connectivity index (χ2n) is 6.00. The normalized spacial score (nSPS) is 18.7. The fourth-order valence-corrected chi connectivity index (χ4v) is 4.84. The molecule has 6 heteroatoms. The summed E-state index contributed by atoms with van der Waals surface area (Å²) in [5.74, 6) is 0.668. The summed E-state index contributed by atoms with van der Waals surface area (Å²) in [5.41, 5.74) is 2.13. The third-order valence-corrected chi connectivity index (χ3v) is 6.27. The van der Waals surface area contributed by atoms with Crippen molar-refractivity contribution in [3.8, 4) is 0 Å². The van der Waals surface area contributed by atoms with E-state index >= 15 is 0 Å². The lowest BCUT2D eigenvalue weighted by Crippen LogP contribution is -2.43. The van der Waals surface area contributed by atoms with Crippen molar-refractivity contribution in [3.63, 3.8) is 0 Å². The summed E-state index contributed by atoms with van der Waals surface area (Å²) in [6.07, 6.45) is 3.89. The number of aromatic nitrogens is 2. The van der Waals surface area contributed by atoms with Gasteiger partial charge in [-0.3, -0.25) is 0 Å². The lowest BCUT2D eigenvalue weighted by Gasteiger charge is -2.31. The molecule has 2 atom stereocenters. The summed E-state index contributed by atoms with van der Waals surface area (Å²) in [4.78, 5) is 6.14. The fourth-order valence-electron chi connectivity index (χ4n) is 3.15. The number of rotatable bonds is 4. The van der Waals surface area contributed by atoms with Crippen molar-refractivity contribution in [1.82, 2.24) is 9.55 Å². The van der Waals surface area contributed by atoms with Gasteiger partial charge in [-0.25, -0.2) is 13.4 Å². The number of aryl methyl sites for hydroxylation is 2. The Kier molecular flexibility index (Phi) is 3.80. The first-order valence-corrected chi connectivity index (χ1v) is 9.13. The van der Waals surface area contributed by atoms with E-state index in [2.05, 4.69) is 11.6 Å². The summed E-state index contributed by atoms with van der Waals surface area (Å²) < 4.78 is 27.9. The molecule has 23 heavy (non-hydrogen) atoms. The molecule has 1 aliphatic heterocycles. The molecule has 0 aliphatic carbocycles. The molecule has 0 saturated carbocycles. The molecule has 122 valence electrons. The van der Waals surface area contributed by atoms with Crippen LogP contribution in [0.4, 0.5) is 5.69 Å². The van der Waals surface area contributed by atoms with Crippen molar-refractivity contribution >= 4 is 15.5 Å². The SMILES string of the molecule is C=CC(N1c2ccccc2CC1C)S(=O)(=O)c1cn(C)c(C)n1. The number of para-hydroxylation sites is 1. The van der Waals surface area contributed by atoms with Crippen LogP contribution in [-0.2, 0) is 23.3 Å². The molecule has 2 aromatic rings. The highest BCUT2D eigenvalue weighted by Crippen LogP contribution is 2.36. The van der Waals surface area contributed by atoms with Crippen molar-refractivity contribution in [2.75, 3.05) is 4.90 Å². The Balaban J connectivity index is 2.08. The Morgan fingerprint density at radius 2 is 2.09 bits per heavy atom. The number of sulfone groups is 1. The van der Waals surface area contributed by atoms with Gasteiger partial charge in [0, 0.05) is 25.0 Å². The van der Waals surface area contributed by atoms with Crippen LogP contribution in [0.25, 0.3) is 0 Å². The molecule has 0 amide bonds. The Hall–Kier alpha value is -2.08. The zero-order chi connectivity index (χ0) is 16.8. The maximum atomic E-state index is 13.1. The Bertz CT molecular complexity index is 835. The highest BCUT2D eigenvalue weighted by atomic mass is 32.2. The number of hydrogen-bond acceptors (Lipinski definition) is 4. The molecule has 0 bridgehead atoms. The minimum atomic E-state index is -3.64. The highest BCUT2D eigenvalue weighted by molar-refractivity contribution is 7.92. The van der Waals surface area contributed by atoms with E-state index in [0.717, 1.165) is 12.1 Å². The van der Waals surface area contributed by atoms with Crippen LogP contribution < -0.4 is 4.90 Å². The molecule has 0 saturated heterocycles. The van der Waals surface area contributed by atoms with Crippen LogP contribution in [0.1, 0.15) is 18.3 Å². The summed E-state index contributed by atoms with van der Waals surface area (Å²) in [7, 11) is -1.85. The number of imidazole rings is 1. The van der Waals surface area contributed by atoms with E-state index in [1.807, 2.05) is 36.1 Å². The lowest BCUT2D eigenvalue weighted by molar-refractivity contribution is 0.572. The summed E-state index contributed by atoms with van der Waals surface area (Å²) in [6, 6.07) is 8.02. The number of nitrogens with zero attached hydrogens (tertiary/aromatic N) is 3. The van der Waals surface area contributed by atoms with Crippen LogP contribution in [-0.4, -0.2) is 29.4 Å². The van der Waals surface area contributed by atoms with Crippen molar-refractivity contribution in [3.05, 3.63) is 54.5 Å². The van der Waals surface area contributed by atoms with Gasteiger partial charge in [0.05, 0.1) is 0 Å². The largest absolute Gasteiger partial charge is 0.348 e. The van der Waals surface area contributed by atoms with Crippen LogP contribution in [0.2, 0.25) is 0 Å². The average molecular weight is 331 g/mol. The maximum absolute atomic E-state index is 13.1. The van der Waals surface area contributed by atoms with E-state index in [4.69, 9.17) is 0 Å². The number of anilines is 1. The molecule has 0 radical (unpaired) electrons. The number of hydrogen-bond donors (Lipinski definition) is 0. The quantitative estimate of drug-likeness (QED) is 0.808. The van der Waals surface area contributed by atoms with Gasteiger partial charge >= 0.3 is 0 Å². The molecule has 2 heterocycles. The van der Waals surface area contributed by atoms with E-state index < -0.39 is 15.2 Å². The third-order valence-electron chi connectivity index (χ3n) is 4.43. The Morgan fingerprint density at radius 3 is 2.70 bits per heavy atom. The first-order chi connectivity index (χ1) is 10.9. The lowest BCUT2D eigenvalue weighted by atomic mass is 10.1. The number of fused-ring (bicyclic) bond motifs is 1. The van der Waals surface area contributed by atoms with Gasteiger partial charge in [0.2, 0.25) is 9.84 Å². The van der Waals surface area contributed by atoms with Crippen LogP contribution in [0.5, 0.6) is 0 Å². The van der Waals surface area contributed by atoms with Crippen LogP contribution in [0.15, 0.2) is 48.1 Å². The van der Waals surface area contributed by atoms with Crippen LogP contribution in [0.3, 0.4) is 0 Å². The molecule has 1 aliphatic rings. The van der Waals surface area contributed by atoms with E-state index in [0.29, 0.717) is 5.82 Å². The van der Waals surface area contributed by atoms with Gasteiger partial charge in [-0.15, -0.1) is 0 Å². The summed E-state index contributed by atoms with van der Waals surface area (Å²) >= 11 is 0. The number of benzene rings is 1. The Labute approximate surface area is 137 Å². The van der Waals surface area contributed by atoms with Gasteiger partial charge in [0.1, 0.15) is 5.82 Å². The molecule has 2 unspecified atom stereocenters. The minimum Gasteiger partial charge on any atom is -0.348 e. The van der Waals surface area contributed by atoms with E-state index in [9.17, 15) is 8.42 Å². The molecule has 1 aromatic heterocycles. The molecule has 1 aromatic carbocycles. The van der Waals surface area contributed by atoms with Gasteiger partial charge in [-0.2, -0.15) is 0 Å². The predicted molar refractivity (Wildman–Crippen MR) is 91.2 cm³/mol. The van der Waals surface area contributed by atoms with E-state index in [-0.39, 0.29) is 11.1 Å². The van der Waals surface area contributed by atoms with Gasteiger partial charge in [-0.1, -0.05) is 30.9 Å². The third kappa shape index (κ3) is 2.47. The standard InChI is InChI=1S/C17H21N3O2S/c1-5-17(23(21,22)16-11-19(4)13(3)18-16)20-12(2)10-14-8-6-7-9-15(14)20/h5-9,11-12,17H,1,10H2,2-4H3. The molecule has 0 fully saturated rings. The molecular weight excluding hydrogens is 310 g/mol. The predicted octanol–water partition coefficient (Wildman–Crippen LogP) is 2.47. The first-order valence-electron chi connectivity index (χ1n) is 7.59. The second-order valence-corrected chi connectivity index (χ2v) is 7.99. The topological polar surface area (TPSA) is 55.2 Å². The molecule has 0 spiro atoms. The van der Waals surface area contributed by atoms with E-state index in [1.165, 1.54) is 11.6 Å². The Morgan fingerprint density at radius 1 is 1.39 bits per heavy atom. The van der Waals surface area contributed by atoms with Crippen molar-refractivity contribution < 1.29 is 8.42 Å². The highest BCUT2D eigenvalue weighted by Gasteiger charge is 2.39. The summed E-state index contributed by atoms with van der Waals surface area (Å²) in [6.45, 7) is 7.60. The van der Waals surface area contributed by atoms with Crippen molar-refractivity contribution in [1.29, 1.82) is 0 Å². The van der Waals surface area contributed by atoms with Crippen molar-refractivity contribution in [2.24, 2.45) is 7.05 Å². The first kappa shape index (κ1) is 15.8. The molecule has 5 nitrogen and oxygen atoms in total. The second kappa shape index (κ2) is 5.53. The van der Waals surface area contributed by atoms with Gasteiger partial charge < -0.3 is 9.47 Å². The fraction of sp³-hybridized carbons (Fsp3) is 0.353. The van der Waals surface area contributed by atoms with Crippen LogP contribution in [0, 0.1) is 6.92 Å². The van der Waals surface area contributed by atoms with Crippen molar-refractivity contribution in [2.45, 2.75) is 36.7 Å². The van der Waals surface area contributed by atoms with Gasteiger partial charge in [0.15, 0.2) is 10.4 Å². The van der Waals surface area contributed by atoms with Gasteiger partial charge in [0.25, 0.3) is 0 Å². The zero-order valence-electron chi connectivity index (χ0n) is 13.6. The molecular formula is C17H21N3O2S. The molecule has 0 N–H and O–H groups in total. The van der Waals surface area contributed by atoms with E-state index in [1.54, 1.807) is 24.7 Å². The minimum absolute atomic E-state index is 0.0926. The monoisotopic (exact) mass is 331 g/mol.